The van der Waals surface area contributed by atoms with E-state index in [1.807, 2.05) is 24.3 Å². The van der Waals surface area contributed by atoms with E-state index < -0.39 is 0 Å². The highest BCUT2D eigenvalue weighted by atomic mass is 32.2. The van der Waals surface area contributed by atoms with Gasteiger partial charge in [-0.1, -0.05) is 18.7 Å². The average molecular weight is 423 g/mol. The molecule has 0 aliphatic carbocycles. The van der Waals surface area contributed by atoms with Crippen LogP contribution in [0.3, 0.4) is 0 Å². The van der Waals surface area contributed by atoms with E-state index in [-0.39, 0.29) is 11.7 Å². The molecule has 0 spiro atoms. The molecular weight excluding hydrogens is 396 g/mol. The largest absolute Gasteiger partial charge is 0.372 e. The number of amides is 1. The van der Waals surface area contributed by atoms with Crippen molar-refractivity contribution in [2.75, 3.05) is 29.1 Å². The number of carbonyl (C=O) groups excluding carboxylic acids is 1. The summed E-state index contributed by atoms with van der Waals surface area (Å²) in [6.45, 7) is 5.14. The fraction of sp³-hybridized carbons (Fsp3) is 0.364. The lowest BCUT2D eigenvalue weighted by atomic mass is 10.2. The van der Waals surface area contributed by atoms with E-state index in [4.69, 9.17) is 0 Å². The first kappa shape index (κ1) is 20.4. The van der Waals surface area contributed by atoms with Gasteiger partial charge in [-0.15, -0.1) is 10.2 Å². The molecule has 1 fully saturated rings. The molecule has 0 bridgehead atoms. The lowest BCUT2D eigenvalue weighted by Gasteiger charge is -2.17. The summed E-state index contributed by atoms with van der Waals surface area (Å²) in [5, 5.41) is 12.4. The maximum Gasteiger partial charge on any atom is 0.234 e. The number of nitrogens with one attached hydrogen (secondary N) is 1. The number of benzene rings is 1. The van der Waals surface area contributed by atoms with Gasteiger partial charge in [0, 0.05) is 49.0 Å². The first-order chi connectivity index (χ1) is 14.7. The van der Waals surface area contributed by atoms with E-state index in [9.17, 15) is 4.79 Å². The molecule has 1 N–H and O–H groups in total. The summed E-state index contributed by atoms with van der Waals surface area (Å²) in [6.07, 6.45) is 6.95. The van der Waals surface area contributed by atoms with Crippen LogP contribution in [0.1, 0.15) is 26.2 Å². The van der Waals surface area contributed by atoms with Crippen molar-refractivity contribution in [3.8, 4) is 11.4 Å². The molecular formula is C22H26N6OS. The monoisotopic (exact) mass is 422 g/mol. The van der Waals surface area contributed by atoms with Gasteiger partial charge in [0.15, 0.2) is 11.0 Å². The Bertz CT molecular complexity index is 967. The second-order valence-electron chi connectivity index (χ2n) is 7.27. The molecule has 1 saturated heterocycles. The minimum atomic E-state index is -0.0505. The van der Waals surface area contributed by atoms with Gasteiger partial charge in [0.05, 0.1) is 5.75 Å². The summed E-state index contributed by atoms with van der Waals surface area (Å²) >= 11 is 1.41. The Labute approximate surface area is 180 Å². The maximum absolute atomic E-state index is 12.5. The van der Waals surface area contributed by atoms with Gasteiger partial charge >= 0.3 is 0 Å². The van der Waals surface area contributed by atoms with Gasteiger partial charge in [-0.2, -0.15) is 0 Å². The Morgan fingerprint density at radius 1 is 1.07 bits per heavy atom. The molecule has 2 aromatic heterocycles. The molecule has 1 aliphatic rings. The number of thioether (sulfide) groups is 1. The van der Waals surface area contributed by atoms with E-state index in [0.29, 0.717) is 0 Å². The Kier molecular flexibility index (Phi) is 6.63. The molecule has 1 amide bonds. The summed E-state index contributed by atoms with van der Waals surface area (Å²) in [5.41, 5.74) is 3.01. The molecule has 30 heavy (non-hydrogen) atoms. The van der Waals surface area contributed by atoms with Gasteiger partial charge in [0.2, 0.25) is 5.91 Å². The van der Waals surface area contributed by atoms with Crippen LogP contribution in [0.25, 0.3) is 11.4 Å². The van der Waals surface area contributed by atoms with Crippen LogP contribution < -0.4 is 10.2 Å². The average Bonchev–Trinajstić information content (AvgIpc) is 3.44. The van der Waals surface area contributed by atoms with Gasteiger partial charge in [-0.05, 0) is 55.7 Å². The maximum atomic E-state index is 12.5. The fourth-order valence-corrected chi connectivity index (χ4v) is 4.36. The van der Waals surface area contributed by atoms with Crippen LogP contribution in [0, 0.1) is 0 Å². The third-order valence-electron chi connectivity index (χ3n) is 5.06. The van der Waals surface area contributed by atoms with Crippen LogP contribution in [0.2, 0.25) is 0 Å². The highest BCUT2D eigenvalue weighted by Crippen LogP contribution is 2.25. The van der Waals surface area contributed by atoms with E-state index in [1.165, 1.54) is 30.3 Å². The van der Waals surface area contributed by atoms with Crippen molar-refractivity contribution >= 4 is 29.0 Å². The SMILES string of the molecule is CCCn1c(SCC(=O)Nc2ccc(N3CCCC3)cc2)nnc1-c1ccncc1. The van der Waals surface area contributed by atoms with E-state index in [2.05, 4.69) is 49.0 Å². The topological polar surface area (TPSA) is 75.9 Å². The number of pyridine rings is 1. The summed E-state index contributed by atoms with van der Waals surface area (Å²) in [6, 6.07) is 11.9. The Morgan fingerprint density at radius 2 is 1.80 bits per heavy atom. The minimum Gasteiger partial charge on any atom is -0.372 e. The Hall–Kier alpha value is -2.87. The van der Waals surface area contributed by atoms with E-state index in [1.54, 1.807) is 12.4 Å². The van der Waals surface area contributed by atoms with Crippen LogP contribution in [0.5, 0.6) is 0 Å². The van der Waals surface area contributed by atoms with Crippen LogP contribution in [0.15, 0.2) is 53.9 Å². The summed E-state index contributed by atoms with van der Waals surface area (Å²) < 4.78 is 2.07. The molecule has 1 aromatic carbocycles. The number of hydrogen-bond acceptors (Lipinski definition) is 6. The number of nitrogens with zero attached hydrogens (tertiary/aromatic N) is 5. The predicted octanol–water partition coefficient (Wildman–Crippen LogP) is 4.08. The zero-order valence-corrected chi connectivity index (χ0v) is 17.9. The van der Waals surface area contributed by atoms with Crippen molar-refractivity contribution in [1.29, 1.82) is 0 Å². The van der Waals surface area contributed by atoms with Crippen LogP contribution >= 0.6 is 11.8 Å². The third kappa shape index (κ3) is 4.81. The third-order valence-corrected chi connectivity index (χ3v) is 6.02. The first-order valence-electron chi connectivity index (χ1n) is 10.4. The van der Waals surface area contributed by atoms with Gasteiger partial charge in [0.1, 0.15) is 0 Å². The zero-order valence-electron chi connectivity index (χ0n) is 17.1. The highest BCUT2D eigenvalue weighted by Gasteiger charge is 2.16. The second-order valence-corrected chi connectivity index (χ2v) is 8.21. The summed E-state index contributed by atoms with van der Waals surface area (Å²) in [4.78, 5) is 18.9. The molecule has 156 valence electrons. The van der Waals surface area contributed by atoms with Crippen molar-refractivity contribution in [3.63, 3.8) is 0 Å². The molecule has 0 atom stereocenters. The van der Waals surface area contributed by atoms with Gasteiger partial charge in [-0.25, -0.2) is 0 Å². The molecule has 4 rings (SSSR count). The number of anilines is 2. The van der Waals surface area contributed by atoms with Crippen molar-refractivity contribution in [2.24, 2.45) is 0 Å². The first-order valence-corrected chi connectivity index (χ1v) is 11.3. The number of rotatable bonds is 8. The van der Waals surface area contributed by atoms with E-state index >= 15 is 0 Å². The predicted molar refractivity (Wildman–Crippen MR) is 121 cm³/mol. The number of hydrogen-bond donors (Lipinski definition) is 1. The van der Waals surface area contributed by atoms with E-state index in [0.717, 1.165) is 48.3 Å². The van der Waals surface area contributed by atoms with Gasteiger partial charge < -0.3 is 14.8 Å². The standard InChI is InChI=1S/C22H26N6OS/c1-2-13-28-21(17-9-11-23-12-10-17)25-26-22(28)30-16-20(29)24-18-5-7-19(8-6-18)27-14-3-4-15-27/h5-12H,2-4,13-16H2,1H3,(H,24,29). The second kappa shape index (κ2) is 9.75. The van der Waals surface area contributed by atoms with Crippen LogP contribution in [0.4, 0.5) is 11.4 Å². The molecule has 3 heterocycles. The van der Waals surface area contributed by atoms with Crippen molar-refractivity contribution < 1.29 is 4.79 Å². The summed E-state index contributed by atoms with van der Waals surface area (Å²) in [5.74, 6) is 1.04. The van der Waals surface area contributed by atoms with Crippen LogP contribution in [-0.4, -0.2) is 44.5 Å². The normalized spacial score (nSPS) is 13.6. The fourth-order valence-electron chi connectivity index (χ4n) is 3.59. The van der Waals surface area contributed by atoms with Crippen molar-refractivity contribution in [2.45, 2.75) is 37.9 Å². The molecule has 8 heteroatoms. The molecule has 0 unspecified atom stereocenters. The molecule has 0 saturated carbocycles. The Balaban J connectivity index is 1.37. The van der Waals surface area contributed by atoms with Gasteiger partial charge in [0.25, 0.3) is 0 Å². The smallest absolute Gasteiger partial charge is 0.234 e. The Morgan fingerprint density at radius 3 is 2.50 bits per heavy atom. The molecule has 3 aromatic rings. The van der Waals surface area contributed by atoms with Crippen molar-refractivity contribution in [3.05, 3.63) is 48.8 Å². The molecule has 7 nitrogen and oxygen atoms in total. The quantitative estimate of drug-likeness (QED) is 0.551. The number of carbonyl (C=O) groups is 1. The van der Waals surface area contributed by atoms with Gasteiger partial charge in [-0.3, -0.25) is 9.78 Å². The lowest BCUT2D eigenvalue weighted by Crippen LogP contribution is -2.18. The molecule has 1 aliphatic heterocycles. The lowest BCUT2D eigenvalue weighted by molar-refractivity contribution is -0.113. The minimum absolute atomic E-state index is 0.0505. The number of aromatic nitrogens is 4. The molecule has 0 radical (unpaired) electrons. The van der Waals surface area contributed by atoms with Crippen LogP contribution in [-0.2, 0) is 11.3 Å². The summed E-state index contributed by atoms with van der Waals surface area (Å²) in [7, 11) is 0. The highest BCUT2D eigenvalue weighted by molar-refractivity contribution is 7.99. The zero-order chi connectivity index (χ0) is 20.8. The van der Waals surface area contributed by atoms with Crippen molar-refractivity contribution in [1.82, 2.24) is 19.7 Å².